The quantitative estimate of drug-likeness (QED) is 0.436. The summed E-state index contributed by atoms with van der Waals surface area (Å²) in [6.07, 6.45) is 7.00. The highest BCUT2D eigenvalue weighted by molar-refractivity contribution is 8.04. The molecule has 1 fully saturated rings. The first-order valence-electron chi connectivity index (χ1n) is 13.3. The maximum atomic E-state index is 13.7. The van der Waals surface area contributed by atoms with Crippen LogP contribution in [-0.2, 0) is 11.3 Å². The standard InChI is InChI=1S/C31H32FN3O2S/c32-26-13-10-24(11-14-26)22-35-27-21-25(30(36)33-16-19-34-17-6-1-2-7-18-34)12-15-28(27)38-29(31(35)37)20-23-8-4-3-5-9-23/h3-5,8-15,20-21H,1-2,6-7,16-19,22H2,(H,33,36)/p+1. The lowest BCUT2D eigenvalue weighted by molar-refractivity contribution is -0.898. The Kier molecular flexibility index (Phi) is 8.56. The lowest BCUT2D eigenvalue weighted by atomic mass is 10.1. The molecular weight excluding hydrogens is 497 g/mol. The third kappa shape index (κ3) is 6.52. The van der Waals surface area contributed by atoms with Gasteiger partial charge in [-0.25, -0.2) is 4.39 Å². The van der Waals surface area contributed by atoms with E-state index in [-0.39, 0.29) is 24.2 Å². The molecule has 2 aliphatic heterocycles. The molecule has 0 saturated carbocycles. The predicted molar refractivity (Wildman–Crippen MR) is 151 cm³/mol. The Labute approximate surface area is 227 Å². The van der Waals surface area contributed by atoms with Crippen molar-refractivity contribution in [1.82, 2.24) is 5.32 Å². The molecule has 0 unspecified atom stereocenters. The molecule has 2 amide bonds. The zero-order valence-electron chi connectivity index (χ0n) is 21.4. The first kappa shape index (κ1) is 26.2. The smallest absolute Gasteiger partial charge is 0.265 e. The maximum absolute atomic E-state index is 13.7. The number of carbonyl (C=O) groups excluding carboxylic acids is 2. The van der Waals surface area contributed by atoms with Crippen molar-refractivity contribution < 1.29 is 18.9 Å². The van der Waals surface area contributed by atoms with E-state index in [0.29, 0.717) is 22.7 Å². The Bertz CT molecular complexity index is 1300. The molecule has 2 aliphatic rings. The van der Waals surface area contributed by atoms with Gasteiger partial charge in [-0.2, -0.15) is 0 Å². The van der Waals surface area contributed by atoms with E-state index in [9.17, 15) is 14.0 Å². The molecule has 0 radical (unpaired) electrons. The molecule has 5 rings (SSSR count). The monoisotopic (exact) mass is 530 g/mol. The van der Waals surface area contributed by atoms with Crippen LogP contribution in [0.3, 0.4) is 0 Å². The molecule has 1 saturated heterocycles. The molecule has 0 atom stereocenters. The number of nitrogens with zero attached hydrogens (tertiary/aromatic N) is 1. The predicted octanol–water partition coefficient (Wildman–Crippen LogP) is 4.69. The minimum absolute atomic E-state index is 0.133. The Morgan fingerprint density at radius 2 is 1.71 bits per heavy atom. The first-order chi connectivity index (χ1) is 18.6. The van der Waals surface area contributed by atoms with E-state index in [1.165, 1.54) is 62.7 Å². The number of hydrogen-bond donors (Lipinski definition) is 2. The average molecular weight is 531 g/mol. The van der Waals surface area contributed by atoms with Crippen LogP contribution in [0, 0.1) is 5.82 Å². The van der Waals surface area contributed by atoms with Gasteiger partial charge in [-0.3, -0.25) is 9.59 Å². The minimum Gasteiger partial charge on any atom is -0.346 e. The third-order valence-corrected chi connectivity index (χ3v) is 8.19. The third-order valence-electron chi connectivity index (χ3n) is 7.11. The minimum atomic E-state index is -0.319. The molecule has 38 heavy (non-hydrogen) atoms. The van der Waals surface area contributed by atoms with E-state index in [1.54, 1.807) is 28.0 Å². The number of halogens is 1. The second kappa shape index (κ2) is 12.4. The van der Waals surface area contributed by atoms with E-state index in [0.717, 1.165) is 22.6 Å². The molecular formula is C31H33FN3O2S+. The van der Waals surface area contributed by atoms with Gasteiger partial charge >= 0.3 is 0 Å². The van der Waals surface area contributed by atoms with Crippen molar-refractivity contribution in [3.8, 4) is 0 Å². The van der Waals surface area contributed by atoms with Crippen molar-refractivity contribution in [2.24, 2.45) is 0 Å². The number of hydrogen-bond acceptors (Lipinski definition) is 3. The number of likely N-dealkylation sites (tertiary alicyclic amines) is 1. The molecule has 5 nitrogen and oxygen atoms in total. The van der Waals surface area contributed by atoms with Gasteiger partial charge in [0.2, 0.25) is 0 Å². The number of quaternary nitrogens is 1. The molecule has 0 spiro atoms. The number of carbonyl (C=O) groups is 2. The zero-order valence-corrected chi connectivity index (χ0v) is 22.2. The van der Waals surface area contributed by atoms with Gasteiger partial charge in [0.25, 0.3) is 11.8 Å². The van der Waals surface area contributed by atoms with Gasteiger partial charge in [0, 0.05) is 10.5 Å². The first-order valence-corrected chi connectivity index (χ1v) is 14.2. The van der Waals surface area contributed by atoms with Gasteiger partial charge in [0.1, 0.15) is 5.82 Å². The summed E-state index contributed by atoms with van der Waals surface area (Å²) in [5.41, 5.74) is 2.98. The van der Waals surface area contributed by atoms with Crippen LogP contribution in [0.4, 0.5) is 10.1 Å². The number of amides is 2. The van der Waals surface area contributed by atoms with Gasteiger partial charge in [-0.05, 0) is 73.2 Å². The van der Waals surface area contributed by atoms with Gasteiger partial charge in [0.05, 0.1) is 43.3 Å². The highest BCUT2D eigenvalue weighted by Crippen LogP contribution is 2.43. The van der Waals surface area contributed by atoms with E-state index in [2.05, 4.69) is 5.32 Å². The van der Waals surface area contributed by atoms with Crippen molar-refractivity contribution >= 4 is 35.3 Å². The number of thioether (sulfide) groups is 1. The summed E-state index contributed by atoms with van der Waals surface area (Å²) in [6, 6.07) is 21.5. The summed E-state index contributed by atoms with van der Waals surface area (Å²) < 4.78 is 13.5. The topological polar surface area (TPSA) is 53.9 Å². The van der Waals surface area contributed by atoms with Gasteiger partial charge in [-0.15, -0.1) is 0 Å². The molecule has 3 aromatic carbocycles. The van der Waals surface area contributed by atoms with Crippen LogP contribution < -0.4 is 15.1 Å². The van der Waals surface area contributed by atoms with Crippen molar-refractivity contribution in [2.75, 3.05) is 31.1 Å². The molecule has 3 aromatic rings. The van der Waals surface area contributed by atoms with E-state index < -0.39 is 0 Å². The van der Waals surface area contributed by atoms with Crippen LogP contribution in [0.15, 0.2) is 82.6 Å². The largest absolute Gasteiger partial charge is 0.346 e. The Balaban J connectivity index is 1.37. The molecule has 2 heterocycles. The number of rotatable bonds is 7. The van der Waals surface area contributed by atoms with Crippen molar-refractivity contribution in [1.29, 1.82) is 0 Å². The SMILES string of the molecule is O=C(NCC[NH+]1CCCCCC1)c1ccc2c(c1)N(Cc1ccc(F)cc1)C(=O)C(=Cc1ccccc1)S2. The number of benzene rings is 3. The number of anilines is 1. The summed E-state index contributed by atoms with van der Waals surface area (Å²) in [5.74, 6) is -0.592. The van der Waals surface area contributed by atoms with Crippen LogP contribution in [0.5, 0.6) is 0 Å². The summed E-state index contributed by atoms with van der Waals surface area (Å²) >= 11 is 1.41. The molecule has 0 aliphatic carbocycles. The van der Waals surface area contributed by atoms with E-state index in [4.69, 9.17) is 0 Å². The highest BCUT2D eigenvalue weighted by atomic mass is 32.2. The van der Waals surface area contributed by atoms with E-state index >= 15 is 0 Å². The highest BCUT2D eigenvalue weighted by Gasteiger charge is 2.30. The van der Waals surface area contributed by atoms with Crippen molar-refractivity contribution in [3.05, 3.63) is 100 Å². The summed E-state index contributed by atoms with van der Waals surface area (Å²) in [4.78, 5) is 31.5. The van der Waals surface area contributed by atoms with Gasteiger partial charge < -0.3 is 15.1 Å². The number of fused-ring (bicyclic) bond motifs is 1. The Morgan fingerprint density at radius 3 is 2.45 bits per heavy atom. The summed E-state index contributed by atoms with van der Waals surface area (Å²) in [6.45, 7) is 4.18. The molecule has 0 bridgehead atoms. The Hall–Kier alpha value is -3.42. The van der Waals surface area contributed by atoms with Crippen LogP contribution >= 0.6 is 11.8 Å². The van der Waals surface area contributed by atoms with Gasteiger partial charge in [-0.1, -0.05) is 54.2 Å². The van der Waals surface area contributed by atoms with Gasteiger partial charge in [0.15, 0.2) is 0 Å². The molecule has 7 heteroatoms. The van der Waals surface area contributed by atoms with E-state index in [1.807, 2.05) is 48.5 Å². The fourth-order valence-corrected chi connectivity index (χ4v) is 6.05. The normalized spacial score (nSPS) is 17.2. The van der Waals surface area contributed by atoms with Crippen LogP contribution in [-0.4, -0.2) is 38.0 Å². The average Bonchev–Trinajstić information content (AvgIpc) is 3.21. The second-order valence-electron chi connectivity index (χ2n) is 9.89. The fourth-order valence-electron chi connectivity index (χ4n) is 5.02. The van der Waals surface area contributed by atoms with Crippen LogP contribution in [0.1, 0.15) is 47.2 Å². The number of nitrogens with one attached hydrogen (secondary N) is 2. The van der Waals surface area contributed by atoms with Crippen LogP contribution in [0.2, 0.25) is 0 Å². The molecule has 2 N–H and O–H groups in total. The summed E-state index contributed by atoms with van der Waals surface area (Å²) in [7, 11) is 0. The maximum Gasteiger partial charge on any atom is 0.265 e. The lowest BCUT2D eigenvalue weighted by Crippen LogP contribution is -3.12. The fraction of sp³-hybridized carbons (Fsp3) is 0.290. The van der Waals surface area contributed by atoms with Crippen LogP contribution in [0.25, 0.3) is 6.08 Å². The second-order valence-corrected chi connectivity index (χ2v) is 11.0. The van der Waals surface area contributed by atoms with Crippen molar-refractivity contribution in [3.63, 3.8) is 0 Å². The molecule has 196 valence electrons. The summed E-state index contributed by atoms with van der Waals surface area (Å²) in [5, 5.41) is 3.07. The lowest BCUT2D eigenvalue weighted by Gasteiger charge is -2.31. The van der Waals surface area contributed by atoms with Crippen molar-refractivity contribution in [2.45, 2.75) is 37.1 Å². The Morgan fingerprint density at radius 1 is 0.974 bits per heavy atom. The zero-order chi connectivity index (χ0) is 26.3. The molecule has 0 aromatic heterocycles.